The maximum atomic E-state index is 6.06. The van der Waals surface area contributed by atoms with E-state index < -0.39 is 0 Å². The van der Waals surface area contributed by atoms with E-state index in [9.17, 15) is 0 Å². The van der Waals surface area contributed by atoms with E-state index in [0.29, 0.717) is 6.54 Å². The molecular weight excluding hydrogens is 268 g/mol. The van der Waals surface area contributed by atoms with Crippen LogP contribution in [0.3, 0.4) is 0 Å². The second-order valence-electron chi connectivity index (χ2n) is 5.55. The molecule has 118 valence electrons. The Morgan fingerprint density at radius 2 is 1.90 bits per heavy atom. The Morgan fingerprint density at radius 3 is 2.43 bits per heavy atom. The zero-order valence-corrected chi connectivity index (χ0v) is 13.3. The summed E-state index contributed by atoms with van der Waals surface area (Å²) in [4.78, 5) is 2.37. The summed E-state index contributed by atoms with van der Waals surface area (Å²) in [7, 11) is 3.32. The third kappa shape index (κ3) is 3.48. The fourth-order valence-corrected chi connectivity index (χ4v) is 3.12. The van der Waals surface area contributed by atoms with Crippen molar-refractivity contribution in [2.45, 2.75) is 32.1 Å². The monoisotopic (exact) mass is 294 g/mol. The molecule has 0 aliphatic carbocycles. The fourth-order valence-electron chi connectivity index (χ4n) is 3.12. The third-order valence-corrected chi connectivity index (χ3v) is 3.90. The first-order valence-corrected chi connectivity index (χ1v) is 7.41. The molecule has 1 aliphatic heterocycles. The van der Waals surface area contributed by atoms with Crippen LogP contribution in [-0.2, 0) is 4.74 Å². The van der Waals surface area contributed by atoms with E-state index in [0.717, 1.165) is 30.2 Å². The minimum atomic E-state index is 0.101. The van der Waals surface area contributed by atoms with Crippen LogP contribution >= 0.6 is 0 Å². The van der Waals surface area contributed by atoms with E-state index in [1.807, 2.05) is 12.1 Å². The molecule has 5 nitrogen and oxygen atoms in total. The first kappa shape index (κ1) is 16.1. The molecule has 0 amide bonds. The van der Waals surface area contributed by atoms with Gasteiger partial charge in [-0.3, -0.25) is 4.90 Å². The predicted molar refractivity (Wildman–Crippen MR) is 82.9 cm³/mol. The van der Waals surface area contributed by atoms with Crippen LogP contribution in [0.5, 0.6) is 11.5 Å². The number of hydrogen-bond acceptors (Lipinski definition) is 5. The Labute approximate surface area is 127 Å². The van der Waals surface area contributed by atoms with E-state index in [-0.39, 0.29) is 18.2 Å². The lowest BCUT2D eigenvalue weighted by molar-refractivity contribution is -0.0801. The largest absolute Gasteiger partial charge is 0.493 e. The highest BCUT2D eigenvalue weighted by molar-refractivity contribution is 5.48. The highest BCUT2D eigenvalue weighted by Gasteiger charge is 2.30. The Morgan fingerprint density at radius 1 is 1.24 bits per heavy atom. The van der Waals surface area contributed by atoms with Gasteiger partial charge in [-0.15, -0.1) is 0 Å². The molecule has 1 aromatic carbocycles. The lowest BCUT2D eigenvalue weighted by Crippen LogP contribution is -2.48. The van der Waals surface area contributed by atoms with Gasteiger partial charge in [-0.1, -0.05) is 12.1 Å². The van der Waals surface area contributed by atoms with Gasteiger partial charge >= 0.3 is 0 Å². The normalized spacial score (nSPS) is 24.6. The second kappa shape index (κ2) is 7.11. The van der Waals surface area contributed by atoms with Crippen LogP contribution in [0.25, 0.3) is 0 Å². The van der Waals surface area contributed by atoms with E-state index in [4.69, 9.17) is 19.9 Å². The summed E-state index contributed by atoms with van der Waals surface area (Å²) in [5.41, 5.74) is 7.13. The Balaban J connectivity index is 2.32. The number of para-hydroxylation sites is 1. The van der Waals surface area contributed by atoms with Crippen LogP contribution in [0.2, 0.25) is 0 Å². The quantitative estimate of drug-likeness (QED) is 0.897. The number of morpholine rings is 1. The van der Waals surface area contributed by atoms with Crippen LogP contribution in [0, 0.1) is 0 Å². The first-order chi connectivity index (χ1) is 10.1. The Bertz CT molecular complexity index is 457. The molecule has 0 spiro atoms. The van der Waals surface area contributed by atoms with Crippen molar-refractivity contribution < 1.29 is 14.2 Å². The predicted octanol–water partition coefficient (Wildman–Crippen LogP) is 1.81. The van der Waals surface area contributed by atoms with Crippen molar-refractivity contribution in [1.82, 2.24) is 4.90 Å². The lowest BCUT2D eigenvalue weighted by Gasteiger charge is -2.40. The van der Waals surface area contributed by atoms with Crippen LogP contribution in [0.1, 0.15) is 25.5 Å². The standard InChI is InChI=1S/C16H26N2O3/c1-11-9-18(10-12(2)21-11)14(8-17)13-6-5-7-15(19-3)16(13)20-4/h5-7,11-12,14H,8-10,17H2,1-4H3/t11-,12-,14+/m0/s1. The highest BCUT2D eigenvalue weighted by Crippen LogP contribution is 2.37. The molecule has 1 heterocycles. The molecule has 0 saturated carbocycles. The SMILES string of the molecule is COc1cccc([C@@H](CN)N2C[C@H](C)O[C@@H](C)C2)c1OC. The number of rotatable bonds is 5. The average Bonchev–Trinajstić information content (AvgIpc) is 2.46. The zero-order chi connectivity index (χ0) is 15.4. The van der Waals surface area contributed by atoms with Crippen molar-refractivity contribution in [1.29, 1.82) is 0 Å². The van der Waals surface area contributed by atoms with Crippen molar-refractivity contribution in [3.63, 3.8) is 0 Å². The van der Waals surface area contributed by atoms with Crippen molar-refractivity contribution in [3.05, 3.63) is 23.8 Å². The molecule has 5 heteroatoms. The van der Waals surface area contributed by atoms with Gasteiger partial charge in [0.25, 0.3) is 0 Å². The number of nitrogens with zero attached hydrogens (tertiary/aromatic N) is 1. The minimum Gasteiger partial charge on any atom is -0.493 e. The maximum absolute atomic E-state index is 6.06. The van der Waals surface area contributed by atoms with Crippen LogP contribution in [-0.4, -0.2) is 51.0 Å². The third-order valence-electron chi connectivity index (χ3n) is 3.90. The molecule has 21 heavy (non-hydrogen) atoms. The Hall–Kier alpha value is -1.30. The summed E-state index contributed by atoms with van der Waals surface area (Å²) in [6.07, 6.45) is 0.416. The van der Waals surface area contributed by atoms with Crippen molar-refractivity contribution in [2.24, 2.45) is 5.73 Å². The van der Waals surface area contributed by atoms with Gasteiger partial charge in [0.05, 0.1) is 32.5 Å². The first-order valence-electron chi connectivity index (χ1n) is 7.41. The summed E-state index contributed by atoms with van der Waals surface area (Å²) in [5.74, 6) is 1.50. The molecule has 3 atom stereocenters. The van der Waals surface area contributed by atoms with Crippen molar-refractivity contribution in [2.75, 3.05) is 33.9 Å². The molecule has 0 radical (unpaired) electrons. The van der Waals surface area contributed by atoms with Crippen molar-refractivity contribution >= 4 is 0 Å². The summed E-state index contributed by atoms with van der Waals surface area (Å²) >= 11 is 0. The molecule has 1 saturated heterocycles. The van der Waals surface area contributed by atoms with Crippen molar-refractivity contribution in [3.8, 4) is 11.5 Å². The van der Waals surface area contributed by atoms with Gasteiger partial charge in [0.15, 0.2) is 11.5 Å². The molecule has 0 aromatic heterocycles. The van der Waals surface area contributed by atoms with Gasteiger partial charge in [0.2, 0.25) is 0 Å². The molecule has 1 aliphatic rings. The van der Waals surface area contributed by atoms with E-state index in [2.05, 4.69) is 24.8 Å². The Kier molecular flexibility index (Phi) is 5.45. The zero-order valence-electron chi connectivity index (χ0n) is 13.3. The topological polar surface area (TPSA) is 57.0 Å². The number of hydrogen-bond donors (Lipinski definition) is 1. The number of benzene rings is 1. The smallest absolute Gasteiger partial charge is 0.165 e. The van der Waals surface area contributed by atoms with E-state index >= 15 is 0 Å². The lowest BCUT2D eigenvalue weighted by atomic mass is 10.0. The minimum absolute atomic E-state index is 0.101. The van der Waals surface area contributed by atoms with E-state index in [1.165, 1.54) is 0 Å². The second-order valence-corrected chi connectivity index (χ2v) is 5.55. The van der Waals surface area contributed by atoms with Gasteiger partial charge in [0.1, 0.15) is 0 Å². The van der Waals surface area contributed by atoms with Gasteiger partial charge in [-0.25, -0.2) is 0 Å². The fraction of sp³-hybridized carbons (Fsp3) is 0.625. The molecule has 0 unspecified atom stereocenters. The highest BCUT2D eigenvalue weighted by atomic mass is 16.5. The summed E-state index contributed by atoms with van der Waals surface area (Å²) in [6.45, 7) is 6.46. The van der Waals surface area contributed by atoms with Crippen LogP contribution < -0.4 is 15.2 Å². The molecular formula is C16H26N2O3. The number of methoxy groups -OCH3 is 2. The van der Waals surface area contributed by atoms with E-state index in [1.54, 1.807) is 14.2 Å². The molecule has 2 N–H and O–H groups in total. The summed E-state index contributed by atoms with van der Waals surface area (Å²) < 4.78 is 16.8. The molecule has 0 bridgehead atoms. The van der Waals surface area contributed by atoms with Crippen LogP contribution in [0.15, 0.2) is 18.2 Å². The molecule has 1 aromatic rings. The van der Waals surface area contributed by atoms with Gasteiger partial charge in [0, 0.05) is 25.2 Å². The number of ether oxygens (including phenoxy) is 3. The number of nitrogens with two attached hydrogens (primary N) is 1. The van der Waals surface area contributed by atoms with Gasteiger partial charge < -0.3 is 19.9 Å². The van der Waals surface area contributed by atoms with Crippen LogP contribution in [0.4, 0.5) is 0 Å². The molecule has 1 fully saturated rings. The summed E-state index contributed by atoms with van der Waals surface area (Å²) in [5, 5.41) is 0. The van der Waals surface area contributed by atoms with Gasteiger partial charge in [-0.2, -0.15) is 0 Å². The summed E-state index contributed by atoms with van der Waals surface area (Å²) in [6, 6.07) is 6.04. The molecule has 2 rings (SSSR count). The average molecular weight is 294 g/mol. The maximum Gasteiger partial charge on any atom is 0.165 e. The van der Waals surface area contributed by atoms with Gasteiger partial charge in [-0.05, 0) is 19.9 Å².